The maximum Gasteiger partial charge on any atom is 0.0731 e. The molecule has 0 aromatic heterocycles. The van der Waals surface area contributed by atoms with Gasteiger partial charge in [0.1, 0.15) is 0 Å². The summed E-state index contributed by atoms with van der Waals surface area (Å²) in [5.41, 5.74) is 4.85. The molecule has 1 atom stereocenters. The Kier molecular flexibility index (Phi) is 6.05. The van der Waals surface area contributed by atoms with E-state index in [1.165, 1.54) is 23.8 Å². The van der Waals surface area contributed by atoms with Crippen LogP contribution in [-0.4, -0.2) is 6.21 Å². The Balaban J connectivity index is 1.82. The zero-order valence-electron chi connectivity index (χ0n) is 13.3. The lowest BCUT2D eigenvalue weighted by Gasteiger charge is -2.10. The molecule has 0 fully saturated rings. The van der Waals surface area contributed by atoms with Crippen molar-refractivity contribution < 1.29 is 0 Å². The lowest BCUT2D eigenvalue weighted by atomic mass is 10.0. The van der Waals surface area contributed by atoms with E-state index in [2.05, 4.69) is 119 Å². The molecule has 1 unspecified atom stereocenters. The van der Waals surface area contributed by atoms with Crippen molar-refractivity contribution in [3.05, 3.63) is 91.1 Å². The van der Waals surface area contributed by atoms with Gasteiger partial charge in [0.15, 0.2) is 0 Å². The van der Waals surface area contributed by atoms with Crippen molar-refractivity contribution in [2.45, 2.75) is 13.0 Å². The maximum atomic E-state index is 4.76. The molecule has 0 saturated carbocycles. The summed E-state index contributed by atoms with van der Waals surface area (Å²) in [5, 5.41) is 0. The average molecular weight is 537 g/mol. The van der Waals surface area contributed by atoms with Gasteiger partial charge in [-0.25, -0.2) is 0 Å². The second-order valence-electron chi connectivity index (χ2n) is 5.61. The van der Waals surface area contributed by atoms with Crippen LogP contribution >= 0.6 is 45.2 Å². The maximum absolute atomic E-state index is 4.76. The van der Waals surface area contributed by atoms with Gasteiger partial charge < -0.3 is 0 Å². The molecular formula is C21H17I2N. The van der Waals surface area contributed by atoms with Crippen molar-refractivity contribution in [2.75, 3.05) is 0 Å². The predicted octanol–water partition coefficient (Wildman–Crippen LogP) is 6.74. The Morgan fingerprint density at radius 2 is 1.58 bits per heavy atom. The van der Waals surface area contributed by atoms with Crippen LogP contribution in [0, 0.1) is 7.14 Å². The molecule has 3 aromatic rings. The molecule has 0 heterocycles. The molecule has 1 nitrogen and oxygen atoms in total. The second kappa shape index (κ2) is 8.25. The summed E-state index contributed by atoms with van der Waals surface area (Å²) in [7, 11) is 0. The van der Waals surface area contributed by atoms with Crippen molar-refractivity contribution in [1.29, 1.82) is 0 Å². The monoisotopic (exact) mass is 537 g/mol. The van der Waals surface area contributed by atoms with Crippen LogP contribution in [0.5, 0.6) is 0 Å². The van der Waals surface area contributed by atoms with E-state index in [0.29, 0.717) is 0 Å². The molecule has 0 N–H and O–H groups in total. The number of hydrogen-bond donors (Lipinski definition) is 0. The standard InChI is InChI=1S/C21H17I2N/c1-15(20-11-10-19(22)13-21(20)23)24-14-16-6-5-9-18(12-16)17-7-3-2-4-8-17/h2-15H,1H3. The van der Waals surface area contributed by atoms with Crippen molar-refractivity contribution in [2.24, 2.45) is 4.99 Å². The minimum atomic E-state index is 0.147. The Bertz CT molecular complexity index is 857. The van der Waals surface area contributed by atoms with E-state index < -0.39 is 0 Å². The molecule has 0 aliphatic heterocycles. The van der Waals surface area contributed by atoms with Gasteiger partial charge in [-0.1, -0.05) is 54.6 Å². The fraction of sp³-hybridized carbons (Fsp3) is 0.0952. The fourth-order valence-electron chi connectivity index (χ4n) is 2.55. The van der Waals surface area contributed by atoms with E-state index in [4.69, 9.17) is 4.99 Å². The third-order valence-corrected chi connectivity index (χ3v) is 5.46. The minimum absolute atomic E-state index is 0.147. The quantitative estimate of drug-likeness (QED) is 0.258. The Morgan fingerprint density at radius 1 is 0.833 bits per heavy atom. The smallest absolute Gasteiger partial charge is 0.0731 e. The van der Waals surface area contributed by atoms with Crippen LogP contribution in [0.15, 0.2) is 77.8 Å². The number of benzene rings is 3. The molecule has 120 valence electrons. The minimum Gasteiger partial charge on any atom is -0.285 e. The molecule has 3 aromatic carbocycles. The second-order valence-corrected chi connectivity index (χ2v) is 8.02. The van der Waals surface area contributed by atoms with E-state index in [9.17, 15) is 0 Å². The SMILES string of the molecule is CC(N=Cc1cccc(-c2ccccc2)c1)c1ccc(I)cc1I. The van der Waals surface area contributed by atoms with Crippen LogP contribution in [0.25, 0.3) is 11.1 Å². The van der Waals surface area contributed by atoms with Crippen molar-refractivity contribution in [3.8, 4) is 11.1 Å². The normalized spacial score (nSPS) is 12.5. The highest BCUT2D eigenvalue weighted by atomic mass is 127. The third-order valence-electron chi connectivity index (χ3n) is 3.85. The number of nitrogens with zero attached hydrogens (tertiary/aromatic N) is 1. The van der Waals surface area contributed by atoms with Crippen LogP contribution in [0.2, 0.25) is 0 Å². The highest BCUT2D eigenvalue weighted by Crippen LogP contribution is 2.25. The molecule has 0 radical (unpaired) electrons. The van der Waals surface area contributed by atoms with Gasteiger partial charge in [-0.15, -0.1) is 0 Å². The molecule has 0 amide bonds. The fourth-order valence-corrected chi connectivity index (χ4v) is 4.60. The van der Waals surface area contributed by atoms with Crippen LogP contribution in [0.3, 0.4) is 0 Å². The molecule has 0 saturated heterocycles. The van der Waals surface area contributed by atoms with Crippen LogP contribution in [0.1, 0.15) is 24.1 Å². The Hall–Kier alpha value is -1.21. The Morgan fingerprint density at radius 3 is 2.33 bits per heavy atom. The van der Waals surface area contributed by atoms with E-state index in [1.807, 2.05) is 12.3 Å². The zero-order chi connectivity index (χ0) is 16.9. The molecule has 3 rings (SSSR count). The lowest BCUT2D eigenvalue weighted by molar-refractivity contribution is 0.819. The number of rotatable bonds is 4. The summed E-state index contributed by atoms with van der Waals surface area (Å²) in [6, 6.07) is 25.6. The van der Waals surface area contributed by atoms with Gasteiger partial charge in [0.2, 0.25) is 0 Å². The van der Waals surface area contributed by atoms with E-state index >= 15 is 0 Å². The Labute approximate surface area is 170 Å². The number of halogens is 2. The summed E-state index contributed by atoms with van der Waals surface area (Å²) in [6.45, 7) is 2.14. The van der Waals surface area contributed by atoms with Gasteiger partial charge in [0.05, 0.1) is 6.04 Å². The topological polar surface area (TPSA) is 12.4 Å². The van der Waals surface area contributed by atoms with E-state index in [1.54, 1.807) is 0 Å². The summed E-state index contributed by atoms with van der Waals surface area (Å²) in [4.78, 5) is 4.76. The molecule has 0 spiro atoms. The van der Waals surface area contributed by atoms with Gasteiger partial charge in [0.25, 0.3) is 0 Å². The summed E-state index contributed by atoms with van der Waals surface area (Å²) in [6.07, 6.45) is 1.98. The molecule has 0 bridgehead atoms. The van der Waals surface area contributed by atoms with Crippen LogP contribution in [-0.2, 0) is 0 Å². The molecule has 3 heteroatoms. The first-order valence-electron chi connectivity index (χ1n) is 7.77. The van der Waals surface area contributed by atoms with Crippen LogP contribution in [0.4, 0.5) is 0 Å². The van der Waals surface area contributed by atoms with E-state index in [-0.39, 0.29) is 6.04 Å². The molecule has 24 heavy (non-hydrogen) atoms. The van der Waals surface area contributed by atoms with Crippen molar-refractivity contribution in [3.63, 3.8) is 0 Å². The summed E-state index contributed by atoms with van der Waals surface area (Å²) in [5.74, 6) is 0. The van der Waals surface area contributed by atoms with Gasteiger partial charge in [-0.05, 0) is 92.6 Å². The van der Waals surface area contributed by atoms with Crippen LogP contribution < -0.4 is 0 Å². The van der Waals surface area contributed by atoms with Crippen molar-refractivity contribution in [1.82, 2.24) is 0 Å². The van der Waals surface area contributed by atoms with E-state index in [0.717, 1.165) is 5.56 Å². The third kappa shape index (κ3) is 4.45. The zero-order valence-corrected chi connectivity index (χ0v) is 17.6. The first kappa shape index (κ1) is 17.6. The van der Waals surface area contributed by atoms with Gasteiger partial charge in [-0.3, -0.25) is 4.99 Å². The molecular weight excluding hydrogens is 520 g/mol. The molecule has 0 aliphatic rings. The summed E-state index contributed by atoms with van der Waals surface area (Å²) < 4.78 is 2.52. The highest BCUT2D eigenvalue weighted by molar-refractivity contribution is 14.1. The van der Waals surface area contributed by atoms with Crippen molar-refractivity contribution >= 4 is 51.4 Å². The van der Waals surface area contributed by atoms with Gasteiger partial charge >= 0.3 is 0 Å². The largest absolute Gasteiger partial charge is 0.285 e. The first-order chi connectivity index (χ1) is 11.6. The number of aliphatic imine (C=N–C) groups is 1. The average Bonchev–Trinajstić information content (AvgIpc) is 2.61. The van der Waals surface area contributed by atoms with Gasteiger partial charge in [-0.2, -0.15) is 0 Å². The number of hydrogen-bond acceptors (Lipinski definition) is 1. The first-order valence-corrected chi connectivity index (χ1v) is 9.93. The van der Waals surface area contributed by atoms with Gasteiger partial charge in [0, 0.05) is 13.4 Å². The lowest BCUT2D eigenvalue weighted by Crippen LogP contribution is -1.95. The predicted molar refractivity (Wildman–Crippen MR) is 120 cm³/mol. The molecule has 0 aliphatic carbocycles. The highest BCUT2D eigenvalue weighted by Gasteiger charge is 2.07. The summed E-state index contributed by atoms with van der Waals surface area (Å²) >= 11 is 4.73.